The molecule has 0 saturated carbocycles. The number of benzene rings is 1. The first kappa shape index (κ1) is 14.6. The van der Waals surface area contributed by atoms with Crippen LogP contribution in [0.25, 0.3) is 0 Å². The Morgan fingerprint density at radius 3 is 2.33 bits per heavy atom. The van der Waals surface area contributed by atoms with Gasteiger partial charge in [-0.1, -0.05) is 45.4 Å². The number of hydrogen-bond acceptors (Lipinski definition) is 2. The van der Waals surface area contributed by atoms with Crippen molar-refractivity contribution in [1.82, 2.24) is 0 Å². The van der Waals surface area contributed by atoms with Crippen LogP contribution in [0.1, 0.15) is 33.3 Å². The molecule has 0 aliphatic heterocycles. The highest BCUT2D eigenvalue weighted by Crippen LogP contribution is 2.26. The molecule has 0 spiro atoms. The Hall–Kier alpha value is -1.51. The van der Waals surface area contributed by atoms with E-state index in [0.717, 1.165) is 11.3 Å². The highest BCUT2D eigenvalue weighted by atomic mass is 16.5. The van der Waals surface area contributed by atoms with Gasteiger partial charge < -0.3 is 4.74 Å². The Kier molecular flexibility index (Phi) is 4.76. The molecule has 0 bridgehead atoms. The monoisotopic (exact) mass is 249 g/mol. The van der Waals surface area contributed by atoms with Crippen molar-refractivity contribution in [2.75, 3.05) is 11.9 Å². The summed E-state index contributed by atoms with van der Waals surface area (Å²) in [6.45, 7) is 10.9. The Morgan fingerprint density at radius 2 is 1.83 bits per heavy atom. The first-order valence-electron chi connectivity index (χ1n) is 6.32. The van der Waals surface area contributed by atoms with E-state index in [9.17, 15) is 4.79 Å². The van der Waals surface area contributed by atoms with Crippen molar-refractivity contribution in [1.29, 1.82) is 0 Å². The van der Waals surface area contributed by atoms with E-state index in [1.807, 2.05) is 31.2 Å². The van der Waals surface area contributed by atoms with Crippen molar-refractivity contribution in [2.45, 2.75) is 34.6 Å². The Bertz CT molecular complexity index is 393. The lowest BCUT2D eigenvalue weighted by molar-refractivity contribution is 0.0838. The molecule has 18 heavy (non-hydrogen) atoms. The summed E-state index contributed by atoms with van der Waals surface area (Å²) in [7, 11) is 0. The van der Waals surface area contributed by atoms with Crippen molar-refractivity contribution in [2.24, 2.45) is 11.3 Å². The third-order valence-corrected chi connectivity index (χ3v) is 3.44. The molecule has 3 heteroatoms. The van der Waals surface area contributed by atoms with Crippen LogP contribution in [0.15, 0.2) is 24.3 Å². The summed E-state index contributed by atoms with van der Waals surface area (Å²) in [5, 5.41) is 2.72. The molecule has 1 aromatic carbocycles. The number of ether oxygens (including phenoxy) is 1. The molecule has 0 aromatic heterocycles. The zero-order valence-electron chi connectivity index (χ0n) is 11.9. The molecule has 100 valence electrons. The standard InChI is InChI=1S/C15H23NO2/c1-11(2)15(4,5)10-18-14(17)16-13-8-6-12(3)7-9-13/h6-9,11H,10H2,1-5H3,(H,16,17). The third-order valence-electron chi connectivity index (χ3n) is 3.44. The first-order valence-corrected chi connectivity index (χ1v) is 6.32. The van der Waals surface area contributed by atoms with Crippen LogP contribution < -0.4 is 5.32 Å². The van der Waals surface area contributed by atoms with Crippen molar-refractivity contribution >= 4 is 11.8 Å². The number of aryl methyl sites for hydroxylation is 1. The fraction of sp³-hybridized carbons (Fsp3) is 0.533. The minimum atomic E-state index is -0.396. The third kappa shape index (κ3) is 4.40. The van der Waals surface area contributed by atoms with Crippen LogP contribution >= 0.6 is 0 Å². The minimum Gasteiger partial charge on any atom is -0.449 e. The second-order valence-corrected chi connectivity index (χ2v) is 5.71. The van der Waals surface area contributed by atoms with Crippen molar-refractivity contribution in [3.05, 3.63) is 29.8 Å². The van der Waals surface area contributed by atoms with Crippen LogP contribution in [0.3, 0.4) is 0 Å². The molecule has 1 rings (SSSR count). The quantitative estimate of drug-likeness (QED) is 0.867. The number of anilines is 1. The van der Waals surface area contributed by atoms with Gasteiger partial charge in [0.1, 0.15) is 0 Å². The lowest BCUT2D eigenvalue weighted by atomic mass is 9.82. The molecule has 0 unspecified atom stereocenters. The van der Waals surface area contributed by atoms with Gasteiger partial charge in [-0.25, -0.2) is 4.79 Å². The Labute approximate surface area is 110 Å². The summed E-state index contributed by atoms with van der Waals surface area (Å²) >= 11 is 0. The average Bonchev–Trinajstić information content (AvgIpc) is 2.29. The highest BCUT2D eigenvalue weighted by molar-refractivity contribution is 5.84. The van der Waals surface area contributed by atoms with Gasteiger partial charge in [-0.2, -0.15) is 0 Å². The number of amides is 1. The lowest BCUT2D eigenvalue weighted by Crippen LogP contribution is -2.28. The van der Waals surface area contributed by atoms with E-state index in [1.54, 1.807) is 0 Å². The van der Waals surface area contributed by atoms with E-state index >= 15 is 0 Å². The van der Waals surface area contributed by atoms with E-state index in [2.05, 4.69) is 33.0 Å². The smallest absolute Gasteiger partial charge is 0.411 e. The van der Waals surface area contributed by atoms with E-state index in [1.165, 1.54) is 0 Å². The SMILES string of the molecule is Cc1ccc(NC(=O)OCC(C)(C)C(C)C)cc1. The largest absolute Gasteiger partial charge is 0.449 e. The molecule has 1 amide bonds. The zero-order chi connectivity index (χ0) is 13.8. The molecule has 0 atom stereocenters. The predicted molar refractivity (Wildman–Crippen MR) is 74.8 cm³/mol. The van der Waals surface area contributed by atoms with Crippen LogP contribution in [0.4, 0.5) is 10.5 Å². The maximum Gasteiger partial charge on any atom is 0.411 e. The molecule has 0 aliphatic rings. The van der Waals surface area contributed by atoms with Crippen LogP contribution in [0.5, 0.6) is 0 Å². The van der Waals surface area contributed by atoms with Gasteiger partial charge in [0.25, 0.3) is 0 Å². The van der Waals surface area contributed by atoms with Crippen molar-refractivity contribution in [3.63, 3.8) is 0 Å². The highest BCUT2D eigenvalue weighted by Gasteiger charge is 2.24. The van der Waals surface area contributed by atoms with E-state index in [-0.39, 0.29) is 5.41 Å². The second kappa shape index (κ2) is 5.89. The first-order chi connectivity index (χ1) is 8.31. The molecular weight excluding hydrogens is 226 g/mol. The van der Waals surface area contributed by atoms with Crippen LogP contribution in [0, 0.1) is 18.3 Å². The van der Waals surface area contributed by atoms with Gasteiger partial charge in [-0.15, -0.1) is 0 Å². The van der Waals surface area contributed by atoms with E-state index < -0.39 is 6.09 Å². The summed E-state index contributed by atoms with van der Waals surface area (Å²) in [4.78, 5) is 11.6. The molecular formula is C15H23NO2. The van der Waals surface area contributed by atoms with E-state index in [4.69, 9.17) is 4.74 Å². The predicted octanol–water partition coefficient (Wildman–Crippen LogP) is 4.23. The normalized spacial score (nSPS) is 11.4. The van der Waals surface area contributed by atoms with Gasteiger partial charge >= 0.3 is 6.09 Å². The Morgan fingerprint density at radius 1 is 1.28 bits per heavy atom. The molecule has 0 radical (unpaired) electrons. The van der Waals surface area contributed by atoms with Gasteiger partial charge in [0.2, 0.25) is 0 Å². The number of nitrogens with one attached hydrogen (secondary N) is 1. The summed E-state index contributed by atoms with van der Waals surface area (Å²) in [6, 6.07) is 7.63. The van der Waals surface area contributed by atoms with Gasteiger partial charge in [0.15, 0.2) is 0 Å². The maximum absolute atomic E-state index is 11.6. The zero-order valence-corrected chi connectivity index (χ0v) is 11.9. The van der Waals surface area contributed by atoms with Gasteiger partial charge in [0.05, 0.1) is 6.61 Å². The van der Waals surface area contributed by atoms with Crippen LogP contribution in [-0.4, -0.2) is 12.7 Å². The average molecular weight is 249 g/mol. The second-order valence-electron chi connectivity index (χ2n) is 5.71. The summed E-state index contributed by atoms with van der Waals surface area (Å²) in [5.41, 5.74) is 1.91. The summed E-state index contributed by atoms with van der Waals surface area (Å²) < 4.78 is 5.25. The minimum absolute atomic E-state index is 0.00931. The molecule has 0 fully saturated rings. The fourth-order valence-electron chi connectivity index (χ4n) is 1.21. The molecule has 0 heterocycles. The van der Waals surface area contributed by atoms with E-state index in [0.29, 0.717) is 12.5 Å². The number of carbonyl (C=O) groups is 1. The number of rotatable bonds is 4. The molecule has 3 nitrogen and oxygen atoms in total. The maximum atomic E-state index is 11.6. The lowest BCUT2D eigenvalue weighted by Gasteiger charge is -2.28. The summed E-state index contributed by atoms with van der Waals surface area (Å²) in [5.74, 6) is 0.463. The van der Waals surface area contributed by atoms with Gasteiger partial charge in [-0.3, -0.25) is 5.32 Å². The van der Waals surface area contributed by atoms with Crippen molar-refractivity contribution < 1.29 is 9.53 Å². The summed E-state index contributed by atoms with van der Waals surface area (Å²) in [6.07, 6.45) is -0.396. The molecule has 0 saturated heterocycles. The molecule has 0 aliphatic carbocycles. The number of hydrogen-bond donors (Lipinski definition) is 1. The van der Waals surface area contributed by atoms with Gasteiger partial charge in [0, 0.05) is 11.1 Å². The van der Waals surface area contributed by atoms with Gasteiger partial charge in [-0.05, 0) is 25.0 Å². The van der Waals surface area contributed by atoms with Crippen LogP contribution in [-0.2, 0) is 4.74 Å². The van der Waals surface area contributed by atoms with Crippen molar-refractivity contribution in [3.8, 4) is 0 Å². The van der Waals surface area contributed by atoms with Crippen LogP contribution in [0.2, 0.25) is 0 Å². The Balaban J connectivity index is 2.45. The fourth-order valence-corrected chi connectivity index (χ4v) is 1.21. The topological polar surface area (TPSA) is 38.3 Å². The number of carbonyl (C=O) groups excluding carboxylic acids is 1. The molecule has 1 N–H and O–H groups in total. The molecule has 1 aromatic rings.